The molecule has 1 saturated heterocycles. The maximum absolute atomic E-state index is 11.8. The molecule has 0 unspecified atom stereocenters. The van der Waals surface area contributed by atoms with Crippen molar-refractivity contribution in [3.05, 3.63) is 35.7 Å². The Balaban J connectivity index is 1.22. The average molecular weight is 450 g/mol. The zero-order valence-corrected chi connectivity index (χ0v) is 20.5. The zero-order chi connectivity index (χ0) is 23.0. The first kappa shape index (κ1) is 22.6. The van der Waals surface area contributed by atoms with Crippen LogP contribution in [0.4, 0.5) is 0 Å². The number of piperidine rings is 1. The van der Waals surface area contributed by atoms with Gasteiger partial charge in [-0.1, -0.05) is 32.4 Å². The molecule has 0 radical (unpaired) electrons. The Morgan fingerprint density at radius 2 is 2.09 bits per heavy atom. The Morgan fingerprint density at radius 1 is 1.27 bits per heavy atom. The number of hydrogen-bond donors (Lipinski definition) is 1. The van der Waals surface area contributed by atoms with Crippen molar-refractivity contribution < 1.29 is 4.79 Å². The van der Waals surface area contributed by atoms with E-state index in [2.05, 4.69) is 41.2 Å². The lowest BCUT2D eigenvalue weighted by molar-refractivity contribution is -0.121. The third kappa shape index (κ3) is 4.34. The smallest absolute Gasteiger partial charge is 0.220 e. The van der Waals surface area contributed by atoms with E-state index in [0.717, 1.165) is 56.4 Å². The fraction of sp³-hybridized carbons (Fsp3) is 0.667. The molecule has 6 heteroatoms. The first-order valence-corrected chi connectivity index (χ1v) is 13.0. The van der Waals surface area contributed by atoms with Gasteiger partial charge in [-0.25, -0.2) is 9.67 Å². The van der Waals surface area contributed by atoms with Gasteiger partial charge in [-0.2, -0.15) is 5.10 Å². The standard InChI is InChI=1S/C27H39N5O/c1-4-6-24(33)28-13-16-32-26-22(7-5-12-29-26)25(30-32)19-10-14-31(15-11-19)18-20-8-9-21-17-23(20)27(21,2)3/h5,7-8,12,19,21,23H,4,6,9-11,13-18H2,1-3H3,(H,28,33)/t21-,23-/m1/s1. The molecule has 178 valence electrons. The zero-order valence-electron chi connectivity index (χ0n) is 20.5. The molecule has 2 atom stereocenters. The lowest BCUT2D eigenvalue weighted by Crippen LogP contribution is -2.50. The average Bonchev–Trinajstić information content (AvgIpc) is 3.18. The Labute approximate surface area is 197 Å². The number of pyridine rings is 1. The van der Waals surface area contributed by atoms with E-state index >= 15 is 0 Å². The van der Waals surface area contributed by atoms with Crippen molar-refractivity contribution in [2.45, 2.75) is 71.8 Å². The van der Waals surface area contributed by atoms with Crippen LogP contribution in [-0.2, 0) is 11.3 Å². The number of hydrogen-bond acceptors (Lipinski definition) is 4. The molecule has 1 aliphatic heterocycles. The van der Waals surface area contributed by atoms with E-state index in [9.17, 15) is 4.79 Å². The molecule has 2 fully saturated rings. The SMILES string of the molecule is CCCC(=O)NCCn1nc(C2CCN(CC3=CC[C@@H]4C[C@H]3C4(C)C)CC2)c2cccnc21. The van der Waals surface area contributed by atoms with Crippen LogP contribution in [0.25, 0.3) is 11.0 Å². The lowest BCUT2D eigenvalue weighted by atomic mass is 9.49. The van der Waals surface area contributed by atoms with Gasteiger partial charge in [0.05, 0.1) is 12.2 Å². The maximum Gasteiger partial charge on any atom is 0.220 e. The fourth-order valence-electron chi connectivity index (χ4n) is 6.39. The van der Waals surface area contributed by atoms with Crippen LogP contribution in [0.3, 0.4) is 0 Å². The molecule has 6 nitrogen and oxygen atoms in total. The van der Waals surface area contributed by atoms with Crippen LogP contribution in [0.15, 0.2) is 30.0 Å². The summed E-state index contributed by atoms with van der Waals surface area (Å²) in [6, 6.07) is 4.17. The number of nitrogens with zero attached hydrogens (tertiary/aromatic N) is 4. The minimum Gasteiger partial charge on any atom is -0.354 e. The van der Waals surface area contributed by atoms with E-state index < -0.39 is 0 Å². The third-order valence-corrected chi connectivity index (χ3v) is 8.62. The number of likely N-dealkylation sites (tertiary alicyclic amines) is 1. The van der Waals surface area contributed by atoms with Gasteiger partial charge in [-0.15, -0.1) is 0 Å². The van der Waals surface area contributed by atoms with Crippen LogP contribution in [0.2, 0.25) is 0 Å². The minimum atomic E-state index is 0.114. The molecule has 1 amide bonds. The molecule has 3 heterocycles. The summed E-state index contributed by atoms with van der Waals surface area (Å²) in [6.45, 7) is 11.6. The number of carbonyl (C=O) groups is 1. The highest BCUT2D eigenvalue weighted by Gasteiger charge is 2.51. The molecule has 2 aromatic rings. The number of nitrogens with one attached hydrogen (secondary N) is 1. The molecular weight excluding hydrogens is 410 g/mol. The summed E-state index contributed by atoms with van der Waals surface area (Å²) < 4.78 is 1.99. The Morgan fingerprint density at radius 3 is 2.82 bits per heavy atom. The van der Waals surface area contributed by atoms with Crippen LogP contribution < -0.4 is 5.32 Å². The number of rotatable bonds is 8. The molecule has 2 aromatic heterocycles. The van der Waals surface area contributed by atoms with Crippen LogP contribution in [0, 0.1) is 17.3 Å². The summed E-state index contributed by atoms with van der Waals surface area (Å²) in [5.74, 6) is 2.31. The van der Waals surface area contributed by atoms with Crippen LogP contribution in [0.5, 0.6) is 0 Å². The van der Waals surface area contributed by atoms with E-state index in [1.807, 2.05) is 23.9 Å². The number of aromatic nitrogens is 3. The van der Waals surface area contributed by atoms with Crippen LogP contribution in [-0.4, -0.2) is 51.8 Å². The Hall–Kier alpha value is -2.21. The normalized spacial score (nSPS) is 25.0. The van der Waals surface area contributed by atoms with Crippen molar-refractivity contribution in [2.75, 3.05) is 26.2 Å². The van der Waals surface area contributed by atoms with Crippen LogP contribution >= 0.6 is 0 Å². The monoisotopic (exact) mass is 449 g/mol. The summed E-state index contributed by atoms with van der Waals surface area (Å²) in [7, 11) is 0. The minimum absolute atomic E-state index is 0.114. The highest BCUT2D eigenvalue weighted by molar-refractivity contribution is 5.79. The van der Waals surface area contributed by atoms with Gasteiger partial charge >= 0.3 is 0 Å². The predicted molar refractivity (Wildman–Crippen MR) is 132 cm³/mol. The molecule has 2 bridgehead atoms. The summed E-state index contributed by atoms with van der Waals surface area (Å²) in [6.07, 6.45) is 10.8. The molecule has 0 spiro atoms. The molecule has 1 saturated carbocycles. The first-order chi connectivity index (χ1) is 16.0. The number of carbonyl (C=O) groups excluding carboxylic acids is 1. The van der Waals surface area contributed by atoms with Crippen molar-refractivity contribution in [3.63, 3.8) is 0 Å². The van der Waals surface area contributed by atoms with Gasteiger partial charge < -0.3 is 5.32 Å². The predicted octanol–water partition coefficient (Wildman–Crippen LogP) is 4.52. The summed E-state index contributed by atoms with van der Waals surface area (Å²) in [5, 5.41) is 9.18. The second kappa shape index (κ2) is 9.21. The van der Waals surface area contributed by atoms with Gasteiger partial charge in [0.25, 0.3) is 0 Å². The van der Waals surface area contributed by atoms with Crippen LogP contribution in [0.1, 0.15) is 70.9 Å². The molecule has 33 heavy (non-hydrogen) atoms. The van der Waals surface area contributed by atoms with E-state index in [4.69, 9.17) is 5.10 Å². The topological polar surface area (TPSA) is 63.1 Å². The Bertz CT molecular complexity index is 1030. The van der Waals surface area contributed by atoms with Gasteiger partial charge in [0.2, 0.25) is 5.91 Å². The number of allylic oxidation sites excluding steroid dienone is 1. The highest BCUT2D eigenvalue weighted by atomic mass is 16.1. The highest BCUT2D eigenvalue weighted by Crippen LogP contribution is 2.59. The quantitative estimate of drug-likeness (QED) is 0.602. The van der Waals surface area contributed by atoms with E-state index in [-0.39, 0.29) is 5.91 Å². The molecule has 4 aliphatic rings. The summed E-state index contributed by atoms with van der Waals surface area (Å²) >= 11 is 0. The van der Waals surface area contributed by atoms with Crippen molar-refractivity contribution in [3.8, 4) is 0 Å². The van der Waals surface area contributed by atoms with E-state index in [0.29, 0.717) is 30.8 Å². The number of amides is 1. The third-order valence-electron chi connectivity index (χ3n) is 8.62. The molecular formula is C27H39N5O. The Kier molecular flexibility index (Phi) is 6.30. The van der Waals surface area contributed by atoms with Gasteiger partial charge in [-0.3, -0.25) is 9.69 Å². The van der Waals surface area contributed by atoms with E-state index in [1.54, 1.807) is 5.57 Å². The second-order valence-corrected chi connectivity index (χ2v) is 11.0. The molecule has 0 aromatic carbocycles. The fourth-order valence-corrected chi connectivity index (χ4v) is 6.39. The molecule has 1 N–H and O–H groups in total. The number of fused-ring (bicyclic) bond motifs is 2. The first-order valence-electron chi connectivity index (χ1n) is 13.0. The van der Waals surface area contributed by atoms with Crippen molar-refractivity contribution in [2.24, 2.45) is 17.3 Å². The van der Waals surface area contributed by atoms with Crippen molar-refractivity contribution >= 4 is 16.9 Å². The lowest BCUT2D eigenvalue weighted by Gasteiger charge is -2.57. The van der Waals surface area contributed by atoms with Crippen molar-refractivity contribution in [1.29, 1.82) is 0 Å². The van der Waals surface area contributed by atoms with Gasteiger partial charge in [0.15, 0.2) is 5.65 Å². The molecule has 6 rings (SSSR count). The largest absolute Gasteiger partial charge is 0.354 e. The second-order valence-electron chi connectivity index (χ2n) is 11.0. The van der Waals surface area contributed by atoms with Gasteiger partial charge in [-0.05, 0) is 74.6 Å². The molecule has 3 aliphatic carbocycles. The summed E-state index contributed by atoms with van der Waals surface area (Å²) in [4.78, 5) is 19.1. The summed E-state index contributed by atoms with van der Waals surface area (Å²) in [5.41, 5.74) is 4.34. The van der Waals surface area contributed by atoms with Crippen molar-refractivity contribution in [1.82, 2.24) is 25.0 Å². The maximum atomic E-state index is 11.8. The van der Waals surface area contributed by atoms with E-state index in [1.165, 1.54) is 23.9 Å². The van der Waals surface area contributed by atoms with Gasteiger partial charge in [0, 0.05) is 37.0 Å². The van der Waals surface area contributed by atoms with Gasteiger partial charge in [0.1, 0.15) is 0 Å².